The number of aliphatic carboxylic acids is 1. The van der Waals surface area contributed by atoms with Crippen LogP contribution < -0.4 is 15.4 Å². The lowest BCUT2D eigenvalue weighted by molar-refractivity contribution is -0.145. The van der Waals surface area contributed by atoms with Gasteiger partial charge in [-0.1, -0.05) is 120 Å². The summed E-state index contributed by atoms with van der Waals surface area (Å²) in [6, 6.07) is 24.3. The Morgan fingerprint density at radius 1 is 0.782 bits per heavy atom. The third kappa shape index (κ3) is 11.6. The molecule has 0 aliphatic carbocycles. The number of carboxylic acid groups (broad SMARTS) is 1. The SMILES string of the molecule is CCCCCCCOc1ccc(-c2cnc(-c3ccc(C[C@H](NC(=O)c4ccc(C(C)(C)C)s4)C(=O)N[C@@H](C(=O)O)[C@@H](O)c4ccccc4)cc3)nc2)cc1. The maximum atomic E-state index is 13.8. The summed E-state index contributed by atoms with van der Waals surface area (Å²) in [6.07, 6.45) is 8.04. The van der Waals surface area contributed by atoms with E-state index < -0.39 is 36.0 Å². The summed E-state index contributed by atoms with van der Waals surface area (Å²) in [4.78, 5) is 50.1. The van der Waals surface area contributed by atoms with E-state index in [2.05, 4.69) is 48.3 Å². The zero-order valence-corrected chi connectivity index (χ0v) is 32.6. The number of rotatable bonds is 18. The van der Waals surface area contributed by atoms with E-state index in [1.807, 2.05) is 54.6 Å². The number of ether oxygens (including phenoxy) is 1. The van der Waals surface area contributed by atoms with Crippen molar-refractivity contribution >= 4 is 29.1 Å². The van der Waals surface area contributed by atoms with Crippen molar-refractivity contribution in [3.05, 3.63) is 124 Å². The Labute approximate surface area is 327 Å². The molecule has 0 unspecified atom stereocenters. The van der Waals surface area contributed by atoms with E-state index in [4.69, 9.17) is 4.74 Å². The van der Waals surface area contributed by atoms with Crippen LogP contribution in [0.15, 0.2) is 103 Å². The number of nitrogens with one attached hydrogen (secondary N) is 2. The molecule has 2 amide bonds. The van der Waals surface area contributed by atoms with Gasteiger partial charge in [0.2, 0.25) is 5.91 Å². The van der Waals surface area contributed by atoms with E-state index in [0.717, 1.165) is 33.7 Å². The number of nitrogens with zero attached hydrogens (tertiary/aromatic N) is 2. The minimum Gasteiger partial charge on any atom is -0.494 e. The van der Waals surface area contributed by atoms with Gasteiger partial charge in [-0.15, -0.1) is 11.3 Å². The molecule has 10 nitrogen and oxygen atoms in total. The highest BCUT2D eigenvalue weighted by Crippen LogP contribution is 2.30. The van der Waals surface area contributed by atoms with Crippen LogP contribution in [-0.4, -0.2) is 56.7 Å². The molecule has 3 atom stereocenters. The van der Waals surface area contributed by atoms with Crippen LogP contribution in [-0.2, 0) is 21.4 Å². The number of aromatic nitrogens is 2. The molecule has 0 saturated carbocycles. The molecule has 0 aliphatic heterocycles. The number of aliphatic hydroxyl groups is 1. The fourth-order valence-corrected chi connectivity index (χ4v) is 6.93. The third-order valence-corrected chi connectivity index (χ3v) is 10.7. The predicted octanol–water partition coefficient (Wildman–Crippen LogP) is 8.16. The number of carboxylic acids is 1. The molecule has 0 saturated heterocycles. The molecule has 5 rings (SSSR count). The second-order valence-electron chi connectivity index (χ2n) is 14.6. The van der Waals surface area contributed by atoms with Crippen molar-refractivity contribution in [2.75, 3.05) is 6.61 Å². The van der Waals surface area contributed by atoms with Crippen LogP contribution in [0, 0.1) is 0 Å². The molecule has 55 heavy (non-hydrogen) atoms. The highest BCUT2D eigenvalue weighted by molar-refractivity contribution is 7.14. The second kappa shape index (κ2) is 19.3. The lowest BCUT2D eigenvalue weighted by atomic mass is 9.95. The van der Waals surface area contributed by atoms with Crippen LogP contribution in [0.2, 0.25) is 0 Å². The van der Waals surface area contributed by atoms with Gasteiger partial charge in [0.05, 0.1) is 11.5 Å². The summed E-state index contributed by atoms with van der Waals surface area (Å²) < 4.78 is 5.90. The normalized spacial score (nSPS) is 13.0. The van der Waals surface area contributed by atoms with E-state index in [0.29, 0.717) is 28.4 Å². The number of unbranched alkanes of at least 4 members (excludes halogenated alkanes) is 4. The maximum absolute atomic E-state index is 13.8. The Bertz CT molecular complexity index is 1990. The van der Waals surface area contributed by atoms with Gasteiger partial charge in [-0.05, 0) is 52.8 Å². The number of aliphatic hydroxyl groups excluding tert-OH is 1. The summed E-state index contributed by atoms with van der Waals surface area (Å²) in [5, 5.41) is 26.2. The minimum absolute atomic E-state index is 0.0570. The van der Waals surface area contributed by atoms with Crippen LogP contribution in [0.5, 0.6) is 5.75 Å². The summed E-state index contributed by atoms with van der Waals surface area (Å²) in [5.41, 5.74) is 3.48. The molecule has 288 valence electrons. The number of thiophene rings is 1. The van der Waals surface area contributed by atoms with Crippen molar-refractivity contribution in [2.45, 2.75) is 89.8 Å². The van der Waals surface area contributed by atoms with Gasteiger partial charge in [0.1, 0.15) is 17.9 Å². The Balaban J connectivity index is 1.27. The zero-order chi connectivity index (χ0) is 39.4. The summed E-state index contributed by atoms with van der Waals surface area (Å²) in [6.45, 7) is 9.07. The third-order valence-electron chi connectivity index (χ3n) is 9.22. The molecule has 2 aromatic heterocycles. The van der Waals surface area contributed by atoms with E-state index in [-0.39, 0.29) is 11.8 Å². The number of hydrogen-bond acceptors (Lipinski definition) is 8. The van der Waals surface area contributed by atoms with Crippen molar-refractivity contribution in [3.63, 3.8) is 0 Å². The number of hydrogen-bond donors (Lipinski definition) is 4. The molecule has 0 radical (unpaired) electrons. The number of amides is 2. The zero-order valence-electron chi connectivity index (χ0n) is 31.8. The first-order chi connectivity index (χ1) is 26.4. The standard InChI is InChI=1S/C44H50N4O6S/c1-5-6-7-8-12-25-54-34-21-19-30(20-22-34)33-27-45-40(46-28-33)32-17-15-29(16-18-32)26-35(47-42(51)36-23-24-37(55-36)44(2,3)4)41(50)48-38(43(52)53)39(49)31-13-10-9-11-14-31/h9-11,13-24,27-28,35,38-39,49H,5-8,12,25-26H2,1-4H3,(H,47,51)(H,48,50)(H,52,53)/t35-,38+,39-/m0/s1. The number of carbonyl (C=O) groups excluding carboxylic acids is 2. The Hall–Kier alpha value is -5.39. The first-order valence-electron chi connectivity index (χ1n) is 18.7. The molecule has 4 N–H and O–H groups in total. The summed E-state index contributed by atoms with van der Waals surface area (Å²) in [7, 11) is 0. The van der Waals surface area contributed by atoms with Gasteiger partial charge < -0.3 is 25.6 Å². The van der Waals surface area contributed by atoms with E-state index in [1.54, 1.807) is 48.8 Å². The van der Waals surface area contributed by atoms with Gasteiger partial charge in [0.15, 0.2) is 11.9 Å². The smallest absolute Gasteiger partial charge is 0.329 e. The fraction of sp³-hybridized carbons (Fsp3) is 0.341. The Kier molecular flexibility index (Phi) is 14.3. The van der Waals surface area contributed by atoms with E-state index in [9.17, 15) is 24.6 Å². The monoisotopic (exact) mass is 762 g/mol. The lowest BCUT2D eigenvalue weighted by Crippen LogP contribution is -2.54. The van der Waals surface area contributed by atoms with E-state index in [1.165, 1.54) is 37.0 Å². The molecule has 3 aromatic carbocycles. The summed E-state index contributed by atoms with van der Waals surface area (Å²) >= 11 is 1.34. The molecule has 0 spiro atoms. The van der Waals surface area contributed by atoms with Crippen LogP contribution in [0.25, 0.3) is 22.5 Å². The van der Waals surface area contributed by atoms with Crippen LogP contribution in [0.1, 0.15) is 91.6 Å². The van der Waals surface area contributed by atoms with Crippen LogP contribution >= 0.6 is 11.3 Å². The van der Waals surface area contributed by atoms with Crippen molar-refractivity contribution in [3.8, 4) is 28.3 Å². The van der Waals surface area contributed by atoms with Gasteiger partial charge in [-0.2, -0.15) is 0 Å². The summed E-state index contributed by atoms with van der Waals surface area (Å²) in [5.74, 6) is -1.25. The molecule has 11 heteroatoms. The van der Waals surface area contributed by atoms with Gasteiger partial charge in [0.25, 0.3) is 5.91 Å². The van der Waals surface area contributed by atoms with Crippen molar-refractivity contribution in [2.24, 2.45) is 0 Å². The quantitative estimate of drug-likeness (QED) is 0.0654. The van der Waals surface area contributed by atoms with Gasteiger partial charge in [-0.25, -0.2) is 14.8 Å². The van der Waals surface area contributed by atoms with Gasteiger partial charge in [-0.3, -0.25) is 9.59 Å². The van der Waals surface area contributed by atoms with Crippen molar-refractivity contribution in [1.29, 1.82) is 0 Å². The average Bonchev–Trinajstić information content (AvgIpc) is 3.71. The topological polar surface area (TPSA) is 151 Å². The lowest BCUT2D eigenvalue weighted by Gasteiger charge is -2.24. The Morgan fingerprint density at radius 2 is 1.44 bits per heavy atom. The highest BCUT2D eigenvalue weighted by Gasteiger charge is 2.33. The number of benzene rings is 3. The molecule has 0 fully saturated rings. The Morgan fingerprint density at radius 3 is 2.05 bits per heavy atom. The predicted molar refractivity (Wildman–Crippen MR) is 216 cm³/mol. The second-order valence-corrected chi connectivity index (χ2v) is 15.7. The molecule has 5 aromatic rings. The molecular weight excluding hydrogens is 713 g/mol. The molecular formula is C44H50N4O6S. The highest BCUT2D eigenvalue weighted by atomic mass is 32.1. The maximum Gasteiger partial charge on any atom is 0.329 e. The first-order valence-corrected chi connectivity index (χ1v) is 19.6. The molecule has 2 heterocycles. The average molecular weight is 763 g/mol. The molecule has 0 bridgehead atoms. The minimum atomic E-state index is -1.65. The fourth-order valence-electron chi connectivity index (χ4n) is 5.96. The van der Waals surface area contributed by atoms with Crippen molar-refractivity contribution in [1.82, 2.24) is 20.6 Å². The van der Waals surface area contributed by atoms with Gasteiger partial charge >= 0.3 is 5.97 Å². The van der Waals surface area contributed by atoms with E-state index >= 15 is 0 Å². The largest absolute Gasteiger partial charge is 0.494 e. The molecule has 0 aliphatic rings. The number of carbonyl (C=O) groups is 3. The van der Waals surface area contributed by atoms with Crippen LogP contribution in [0.3, 0.4) is 0 Å². The van der Waals surface area contributed by atoms with Gasteiger partial charge in [0, 0.05) is 34.8 Å². The van der Waals surface area contributed by atoms with Crippen LogP contribution in [0.4, 0.5) is 0 Å². The first kappa shape index (κ1) is 40.8. The van der Waals surface area contributed by atoms with Crippen molar-refractivity contribution < 1.29 is 29.3 Å².